The fraction of sp³-hybridized carbons (Fsp3) is 0.312. The Morgan fingerprint density at radius 1 is 1.22 bits per heavy atom. The van der Waals surface area contributed by atoms with Crippen LogP contribution < -0.4 is 0 Å². The van der Waals surface area contributed by atoms with Gasteiger partial charge >= 0.3 is 0 Å². The third-order valence-corrected chi connectivity index (χ3v) is 4.41. The minimum absolute atomic E-state index is 0.0436. The first-order valence-electron chi connectivity index (χ1n) is 7.37. The summed E-state index contributed by atoms with van der Waals surface area (Å²) in [5, 5.41) is 10.9. The normalized spacial score (nSPS) is 15.6. The summed E-state index contributed by atoms with van der Waals surface area (Å²) in [5.41, 5.74) is 0.716. The highest BCUT2D eigenvalue weighted by Gasteiger charge is 2.20. The van der Waals surface area contributed by atoms with Gasteiger partial charge in [0, 0.05) is 43.9 Å². The molecule has 1 saturated heterocycles. The number of furan rings is 1. The summed E-state index contributed by atoms with van der Waals surface area (Å²) >= 11 is 5.52. The Morgan fingerprint density at radius 3 is 2.65 bits per heavy atom. The maximum Gasteiger partial charge on any atom is 0.270 e. The molecule has 1 fully saturated rings. The smallest absolute Gasteiger partial charge is 0.270 e. The zero-order valence-corrected chi connectivity index (χ0v) is 13.6. The molecule has 3 rings (SSSR count). The molecule has 2 heterocycles. The van der Waals surface area contributed by atoms with E-state index in [9.17, 15) is 10.1 Å². The largest absolute Gasteiger partial charge is 0.454 e. The van der Waals surface area contributed by atoms with Crippen LogP contribution in [-0.4, -0.2) is 52.9 Å². The standard InChI is InChI=1S/C16H17N3O3S/c1-17-7-9-18(10-8-17)16(23)15-6-5-14(22-15)12-3-2-4-13(11-12)19(20)21/h2-6,11H,7-10H2,1H3. The first-order valence-corrected chi connectivity index (χ1v) is 7.78. The summed E-state index contributed by atoms with van der Waals surface area (Å²) in [6.45, 7) is 3.70. The Bertz CT molecular complexity index is 736. The second-order valence-electron chi connectivity index (χ2n) is 5.57. The minimum Gasteiger partial charge on any atom is -0.454 e. The Balaban J connectivity index is 1.79. The van der Waals surface area contributed by atoms with Crippen LogP contribution in [0.25, 0.3) is 11.3 Å². The van der Waals surface area contributed by atoms with Crippen LogP contribution >= 0.6 is 12.2 Å². The molecule has 0 amide bonds. The highest BCUT2D eigenvalue weighted by molar-refractivity contribution is 7.80. The number of thiocarbonyl (C=S) groups is 1. The van der Waals surface area contributed by atoms with Gasteiger partial charge in [-0.1, -0.05) is 24.4 Å². The van der Waals surface area contributed by atoms with Crippen LogP contribution in [0.15, 0.2) is 40.8 Å². The van der Waals surface area contributed by atoms with E-state index < -0.39 is 4.92 Å². The molecule has 2 aromatic rings. The number of nitro groups is 1. The average Bonchev–Trinajstić information content (AvgIpc) is 3.05. The molecule has 0 spiro atoms. The number of non-ortho nitro benzene ring substituents is 1. The molecular weight excluding hydrogens is 314 g/mol. The molecule has 23 heavy (non-hydrogen) atoms. The molecule has 0 saturated carbocycles. The average molecular weight is 331 g/mol. The predicted molar refractivity (Wildman–Crippen MR) is 91.6 cm³/mol. The molecule has 1 aliphatic rings. The zero-order chi connectivity index (χ0) is 16.4. The van der Waals surface area contributed by atoms with Crippen molar-refractivity contribution < 1.29 is 9.34 Å². The molecule has 6 nitrogen and oxygen atoms in total. The highest BCUT2D eigenvalue weighted by atomic mass is 32.1. The predicted octanol–water partition coefficient (Wildman–Crippen LogP) is 2.78. The van der Waals surface area contributed by atoms with Crippen molar-refractivity contribution in [1.29, 1.82) is 0 Å². The van der Waals surface area contributed by atoms with E-state index in [1.165, 1.54) is 12.1 Å². The molecule has 7 heteroatoms. The van der Waals surface area contributed by atoms with Crippen LogP contribution in [0.4, 0.5) is 5.69 Å². The van der Waals surface area contributed by atoms with E-state index in [-0.39, 0.29) is 5.69 Å². The number of likely N-dealkylation sites (N-methyl/N-ethyl adjacent to an activating group) is 1. The Hall–Kier alpha value is -2.25. The van der Waals surface area contributed by atoms with Crippen LogP contribution in [0.2, 0.25) is 0 Å². The zero-order valence-electron chi connectivity index (χ0n) is 12.8. The maximum absolute atomic E-state index is 10.9. The van der Waals surface area contributed by atoms with E-state index >= 15 is 0 Å². The molecule has 1 aromatic carbocycles. The number of hydrogen-bond donors (Lipinski definition) is 0. The van der Waals surface area contributed by atoms with Crippen molar-refractivity contribution >= 4 is 22.9 Å². The number of rotatable bonds is 3. The lowest BCUT2D eigenvalue weighted by atomic mass is 10.1. The summed E-state index contributed by atoms with van der Waals surface area (Å²) in [6, 6.07) is 10.0. The second kappa shape index (κ2) is 6.47. The Kier molecular flexibility index (Phi) is 4.40. The van der Waals surface area contributed by atoms with E-state index in [1.807, 2.05) is 6.07 Å². The van der Waals surface area contributed by atoms with Gasteiger partial charge in [0.2, 0.25) is 0 Å². The van der Waals surface area contributed by atoms with Crippen molar-refractivity contribution in [3.8, 4) is 11.3 Å². The first-order chi connectivity index (χ1) is 11.0. The van der Waals surface area contributed by atoms with Gasteiger partial charge in [-0.15, -0.1) is 0 Å². The monoisotopic (exact) mass is 331 g/mol. The lowest BCUT2D eigenvalue weighted by Crippen LogP contribution is -2.46. The quantitative estimate of drug-likeness (QED) is 0.490. The number of piperazine rings is 1. The van der Waals surface area contributed by atoms with Crippen LogP contribution in [0.1, 0.15) is 5.76 Å². The molecule has 1 aromatic heterocycles. The van der Waals surface area contributed by atoms with Crippen LogP contribution in [0.5, 0.6) is 0 Å². The summed E-state index contributed by atoms with van der Waals surface area (Å²) < 4.78 is 5.83. The fourth-order valence-corrected chi connectivity index (χ4v) is 2.84. The van der Waals surface area contributed by atoms with Crippen molar-refractivity contribution in [2.45, 2.75) is 0 Å². The first kappa shape index (κ1) is 15.6. The molecule has 0 N–H and O–H groups in total. The van der Waals surface area contributed by atoms with Gasteiger partial charge in [-0.05, 0) is 19.2 Å². The molecule has 1 aliphatic heterocycles. The van der Waals surface area contributed by atoms with E-state index in [4.69, 9.17) is 16.6 Å². The Morgan fingerprint density at radius 2 is 1.96 bits per heavy atom. The number of nitro benzene ring substituents is 1. The van der Waals surface area contributed by atoms with E-state index in [0.717, 1.165) is 26.2 Å². The van der Waals surface area contributed by atoms with Crippen molar-refractivity contribution in [1.82, 2.24) is 9.80 Å². The second-order valence-corrected chi connectivity index (χ2v) is 5.95. The Labute approximate surface area is 139 Å². The SMILES string of the molecule is CN1CCN(C(=S)c2ccc(-c3cccc([N+](=O)[O-])c3)o2)CC1. The number of hydrogen-bond acceptors (Lipinski definition) is 5. The van der Waals surface area contributed by atoms with Gasteiger partial charge in [0.1, 0.15) is 10.7 Å². The van der Waals surface area contributed by atoms with Crippen LogP contribution in [-0.2, 0) is 0 Å². The molecule has 0 bridgehead atoms. The summed E-state index contributed by atoms with van der Waals surface area (Å²) in [6.07, 6.45) is 0. The lowest BCUT2D eigenvalue weighted by molar-refractivity contribution is -0.384. The molecule has 0 unspecified atom stereocenters. The fourth-order valence-electron chi connectivity index (χ4n) is 2.55. The van der Waals surface area contributed by atoms with Crippen LogP contribution in [0.3, 0.4) is 0 Å². The van der Waals surface area contributed by atoms with Gasteiger partial charge in [-0.25, -0.2) is 0 Å². The third-order valence-electron chi connectivity index (χ3n) is 3.95. The van der Waals surface area contributed by atoms with E-state index in [0.29, 0.717) is 22.1 Å². The van der Waals surface area contributed by atoms with E-state index in [2.05, 4.69) is 16.8 Å². The maximum atomic E-state index is 10.9. The van der Waals surface area contributed by atoms with Crippen molar-refractivity contribution in [3.05, 3.63) is 52.3 Å². The summed E-state index contributed by atoms with van der Waals surface area (Å²) in [4.78, 5) is 15.5. The molecule has 0 atom stereocenters. The van der Waals surface area contributed by atoms with E-state index in [1.54, 1.807) is 18.2 Å². The van der Waals surface area contributed by atoms with Gasteiger partial charge in [0.25, 0.3) is 5.69 Å². The van der Waals surface area contributed by atoms with Crippen molar-refractivity contribution in [2.75, 3.05) is 33.2 Å². The van der Waals surface area contributed by atoms with Gasteiger partial charge in [-0.2, -0.15) is 0 Å². The highest BCUT2D eigenvalue weighted by Crippen LogP contribution is 2.26. The van der Waals surface area contributed by atoms with Gasteiger partial charge in [0.05, 0.1) is 4.92 Å². The van der Waals surface area contributed by atoms with Crippen molar-refractivity contribution in [3.63, 3.8) is 0 Å². The van der Waals surface area contributed by atoms with Gasteiger partial charge < -0.3 is 14.2 Å². The summed E-state index contributed by atoms with van der Waals surface area (Å²) in [5.74, 6) is 1.21. The molecular formula is C16H17N3O3S. The molecule has 0 aliphatic carbocycles. The third kappa shape index (κ3) is 3.40. The number of nitrogens with zero attached hydrogens (tertiary/aromatic N) is 3. The van der Waals surface area contributed by atoms with Crippen LogP contribution in [0, 0.1) is 10.1 Å². The minimum atomic E-state index is -0.414. The summed E-state index contributed by atoms with van der Waals surface area (Å²) in [7, 11) is 2.09. The molecule has 0 radical (unpaired) electrons. The molecule has 120 valence electrons. The van der Waals surface area contributed by atoms with Crippen molar-refractivity contribution in [2.24, 2.45) is 0 Å². The lowest BCUT2D eigenvalue weighted by Gasteiger charge is -2.33. The van der Waals surface area contributed by atoms with Gasteiger partial charge in [-0.3, -0.25) is 10.1 Å². The topological polar surface area (TPSA) is 62.8 Å². The number of benzene rings is 1. The van der Waals surface area contributed by atoms with Gasteiger partial charge in [0.15, 0.2) is 5.76 Å².